The van der Waals surface area contributed by atoms with Crippen LogP contribution >= 0.6 is 0 Å². The van der Waals surface area contributed by atoms with Crippen LogP contribution < -0.4 is 5.56 Å². The Bertz CT molecular complexity index is 873. The van der Waals surface area contributed by atoms with Crippen LogP contribution in [-0.2, 0) is 13.0 Å². The molecule has 2 aromatic carbocycles. The van der Waals surface area contributed by atoms with Gasteiger partial charge in [-0.05, 0) is 50.0 Å². The number of para-hydroxylation sites is 1. The van der Waals surface area contributed by atoms with E-state index in [-0.39, 0.29) is 5.56 Å². The lowest BCUT2D eigenvalue weighted by molar-refractivity contribution is 0.268. The summed E-state index contributed by atoms with van der Waals surface area (Å²) in [5.74, 6) is 0. The maximum absolute atomic E-state index is 12.5. The fraction of sp³-hybridized carbons (Fsp3) is 0.364. The Morgan fingerprint density at radius 2 is 1.73 bits per heavy atom. The summed E-state index contributed by atoms with van der Waals surface area (Å²) in [6.07, 6.45) is 4.85. The predicted molar refractivity (Wildman–Crippen MR) is 107 cm³/mol. The van der Waals surface area contributed by atoms with Gasteiger partial charge in [-0.3, -0.25) is 9.36 Å². The summed E-state index contributed by atoms with van der Waals surface area (Å²) in [5, 5.41) is 0.699. The molecule has 0 bridgehead atoms. The first-order valence-electron chi connectivity index (χ1n) is 9.48. The van der Waals surface area contributed by atoms with E-state index in [1.807, 2.05) is 24.3 Å². The van der Waals surface area contributed by atoms with E-state index >= 15 is 0 Å². The Labute approximate surface area is 155 Å². The summed E-state index contributed by atoms with van der Waals surface area (Å²) < 4.78 is 1.74. The Hall–Kier alpha value is -2.46. The summed E-state index contributed by atoms with van der Waals surface area (Å²) >= 11 is 0. The largest absolute Gasteiger partial charge is 0.303 e. The van der Waals surface area contributed by atoms with Gasteiger partial charge in [0.15, 0.2) is 0 Å². The molecule has 0 aliphatic carbocycles. The van der Waals surface area contributed by atoms with Crippen molar-refractivity contribution in [1.29, 1.82) is 0 Å². The van der Waals surface area contributed by atoms with Crippen LogP contribution in [-0.4, -0.2) is 34.1 Å². The lowest BCUT2D eigenvalue weighted by atomic mass is 10.1. The number of nitrogens with zero attached hydrogens (tertiary/aromatic N) is 3. The van der Waals surface area contributed by atoms with Crippen molar-refractivity contribution < 1.29 is 0 Å². The molecule has 0 saturated heterocycles. The molecular formula is C22H27N3O. The normalized spacial score (nSPS) is 11.3. The van der Waals surface area contributed by atoms with E-state index in [1.54, 1.807) is 10.9 Å². The Morgan fingerprint density at radius 3 is 2.54 bits per heavy atom. The van der Waals surface area contributed by atoms with Gasteiger partial charge in [0, 0.05) is 13.1 Å². The molecule has 1 aromatic heterocycles. The first-order valence-corrected chi connectivity index (χ1v) is 9.48. The molecule has 26 heavy (non-hydrogen) atoms. The van der Waals surface area contributed by atoms with Gasteiger partial charge in [0.25, 0.3) is 5.56 Å². The summed E-state index contributed by atoms with van der Waals surface area (Å²) in [7, 11) is 0. The summed E-state index contributed by atoms with van der Waals surface area (Å²) in [5.41, 5.74) is 2.20. The number of hydrogen-bond acceptors (Lipinski definition) is 3. The zero-order chi connectivity index (χ0) is 18.2. The zero-order valence-corrected chi connectivity index (χ0v) is 15.5. The first-order chi connectivity index (χ1) is 12.8. The molecule has 136 valence electrons. The highest BCUT2D eigenvalue weighted by atomic mass is 16.1. The van der Waals surface area contributed by atoms with Crippen LogP contribution in [0.3, 0.4) is 0 Å². The highest BCUT2D eigenvalue weighted by molar-refractivity contribution is 5.76. The van der Waals surface area contributed by atoms with Gasteiger partial charge in [0.2, 0.25) is 0 Å². The molecule has 0 radical (unpaired) electrons. The van der Waals surface area contributed by atoms with Crippen molar-refractivity contribution >= 4 is 10.9 Å². The number of aromatic nitrogens is 2. The Balaban J connectivity index is 1.56. The average Bonchev–Trinajstić information content (AvgIpc) is 2.69. The first kappa shape index (κ1) is 18.3. The molecule has 3 rings (SSSR count). The number of aryl methyl sites for hydroxylation is 1. The minimum atomic E-state index is 0.0573. The molecule has 0 atom stereocenters. The van der Waals surface area contributed by atoms with Crippen LogP contribution in [0.15, 0.2) is 65.7 Å². The van der Waals surface area contributed by atoms with Gasteiger partial charge in [0.05, 0.1) is 17.2 Å². The quantitative estimate of drug-likeness (QED) is 0.591. The van der Waals surface area contributed by atoms with Crippen LogP contribution in [0.4, 0.5) is 0 Å². The highest BCUT2D eigenvalue weighted by Gasteiger charge is 2.06. The molecule has 0 spiro atoms. The van der Waals surface area contributed by atoms with Crippen LogP contribution in [0.25, 0.3) is 10.9 Å². The van der Waals surface area contributed by atoms with Gasteiger partial charge in [-0.1, -0.05) is 49.4 Å². The molecule has 1 heterocycles. The van der Waals surface area contributed by atoms with Crippen molar-refractivity contribution in [3.05, 3.63) is 76.8 Å². The third-order valence-electron chi connectivity index (χ3n) is 4.70. The molecule has 3 aromatic rings. The van der Waals surface area contributed by atoms with Crippen LogP contribution in [0, 0.1) is 0 Å². The van der Waals surface area contributed by atoms with E-state index in [1.165, 1.54) is 5.56 Å². The van der Waals surface area contributed by atoms with Gasteiger partial charge < -0.3 is 4.90 Å². The SMILES string of the molecule is CCCN(CCCn1cnc2ccccc2c1=O)CCc1ccccc1. The van der Waals surface area contributed by atoms with Gasteiger partial charge in [0.1, 0.15) is 0 Å². The average molecular weight is 349 g/mol. The monoisotopic (exact) mass is 349 g/mol. The van der Waals surface area contributed by atoms with Crippen LogP contribution in [0.1, 0.15) is 25.3 Å². The molecule has 0 amide bonds. The Kier molecular flexibility index (Phi) is 6.56. The lowest BCUT2D eigenvalue weighted by Gasteiger charge is -2.22. The van der Waals surface area contributed by atoms with Crippen molar-refractivity contribution in [2.75, 3.05) is 19.6 Å². The van der Waals surface area contributed by atoms with E-state index < -0.39 is 0 Å². The molecular weight excluding hydrogens is 322 g/mol. The minimum Gasteiger partial charge on any atom is -0.303 e. The Morgan fingerprint density at radius 1 is 0.962 bits per heavy atom. The number of hydrogen-bond donors (Lipinski definition) is 0. The van der Waals surface area contributed by atoms with Gasteiger partial charge in [-0.2, -0.15) is 0 Å². The van der Waals surface area contributed by atoms with Crippen LogP contribution in [0.2, 0.25) is 0 Å². The maximum Gasteiger partial charge on any atom is 0.261 e. The van der Waals surface area contributed by atoms with E-state index in [9.17, 15) is 4.79 Å². The molecule has 0 unspecified atom stereocenters. The third-order valence-corrected chi connectivity index (χ3v) is 4.70. The third kappa shape index (κ3) is 4.79. The van der Waals surface area contributed by atoms with Gasteiger partial charge >= 0.3 is 0 Å². The molecule has 4 heteroatoms. The molecule has 0 saturated carbocycles. The molecule has 0 aliphatic rings. The molecule has 0 fully saturated rings. The van der Waals surface area contributed by atoms with Crippen molar-refractivity contribution in [2.24, 2.45) is 0 Å². The van der Waals surface area contributed by atoms with E-state index in [4.69, 9.17) is 0 Å². The van der Waals surface area contributed by atoms with E-state index in [0.717, 1.165) is 44.4 Å². The van der Waals surface area contributed by atoms with Crippen LogP contribution in [0.5, 0.6) is 0 Å². The second kappa shape index (κ2) is 9.30. The van der Waals surface area contributed by atoms with Gasteiger partial charge in [-0.25, -0.2) is 4.98 Å². The van der Waals surface area contributed by atoms with Crippen molar-refractivity contribution in [3.63, 3.8) is 0 Å². The lowest BCUT2D eigenvalue weighted by Crippen LogP contribution is -2.30. The number of benzene rings is 2. The minimum absolute atomic E-state index is 0.0573. The van der Waals surface area contributed by atoms with Crippen molar-refractivity contribution in [1.82, 2.24) is 14.5 Å². The molecule has 0 N–H and O–H groups in total. The fourth-order valence-corrected chi connectivity index (χ4v) is 3.31. The summed E-state index contributed by atoms with van der Waals surface area (Å²) in [6.45, 7) is 6.08. The number of fused-ring (bicyclic) bond motifs is 1. The van der Waals surface area contributed by atoms with E-state index in [2.05, 4.69) is 47.1 Å². The second-order valence-corrected chi connectivity index (χ2v) is 6.69. The fourth-order valence-electron chi connectivity index (χ4n) is 3.31. The van der Waals surface area contributed by atoms with Gasteiger partial charge in [-0.15, -0.1) is 0 Å². The maximum atomic E-state index is 12.5. The molecule has 4 nitrogen and oxygen atoms in total. The summed E-state index contributed by atoms with van der Waals surface area (Å²) in [6, 6.07) is 18.2. The smallest absolute Gasteiger partial charge is 0.261 e. The number of rotatable bonds is 9. The van der Waals surface area contributed by atoms with Crippen molar-refractivity contribution in [3.8, 4) is 0 Å². The summed E-state index contributed by atoms with van der Waals surface area (Å²) in [4.78, 5) is 19.4. The van der Waals surface area contributed by atoms with Crippen molar-refractivity contribution in [2.45, 2.75) is 32.7 Å². The second-order valence-electron chi connectivity index (χ2n) is 6.69. The van der Waals surface area contributed by atoms with E-state index in [0.29, 0.717) is 11.9 Å². The zero-order valence-electron chi connectivity index (χ0n) is 15.5. The standard InChI is InChI=1S/C22H27N3O/c1-2-14-24(17-13-19-9-4-3-5-10-19)15-8-16-25-18-23-21-12-7-6-11-20(21)22(25)26/h3-7,9-12,18H,2,8,13-17H2,1H3. The predicted octanol–water partition coefficient (Wildman–Crippen LogP) is 3.74. The topological polar surface area (TPSA) is 38.1 Å². The highest BCUT2D eigenvalue weighted by Crippen LogP contribution is 2.06. The molecule has 0 aliphatic heterocycles.